The van der Waals surface area contributed by atoms with Crippen LogP contribution < -0.4 is 0 Å². The van der Waals surface area contributed by atoms with E-state index >= 15 is 0 Å². The van der Waals surface area contributed by atoms with Crippen molar-refractivity contribution in [2.45, 2.75) is 6.42 Å². The van der Waals surface area contributed by atoms with Gasteiger partial charge in [-0.05, 0) is 38.2 Å². The Morgan fingerprint density at radius 3 is 2.59 bits per heavy atom. The predicted molar refractivity (Wildman–Crippen MR) is 86.0 cm³/mol. The van der Waals surface area contributed by atoms with Crippen molar-refractivity contribution in [1.82, 2.24) is 19.4 Å². The molecule has 2 heterocycles. The lowest BCUT2D eigenvalue weighted by atomic mass is 10.1. The molecule has 0 aliphatic carbocycles. The van der Waals surface area contributed by atoms with Gasteiger partial charge in [0.15, 0.2) is 0 Å². The molecule has 3 rings (SSSR count). The number of aromatic nitrogens is 3. The summed E-state index contributed by atoms with van der Waals surface area (Å²) >= 11 is 0. The third kappa shape index (κ3) is 2.76. The molecule has 1 aromatic carbocycles. The smallest absolute Gasteiger partial charge is 0.300 e. The second-order valence-corrected chi connectivity index (χ2v) is 5.47. The normalized spacial score (nSPS) is 11.2. The zero-order valence-corrected chi connectivity index (χ0v) is 12.7. The van der Waals surface area contributed by atoms with Crippen LogP contribution in [0, 0.1) is 0 Å². The molecule has 0 aliphatic heterocycles. The van der Waals surface area contributed by atoms with Crippen LogP contribution in [0.4, 0.5) is 0 Å². The summed E-state index contributed by atoms with van der Waals surface area (Å²) in [6.45, 7) is 0.935. The molecule has 3 aromatic rings. The summed E-state index contributed by atoms with van der Waals surface area (Å²) in [5.41, 5.74) is 2.06. The maximum Gasteiger partial charge on any atom is 0.300 e. The fraction of sp³-hybridized carbons (Fsp3) is 0.235. The van der Waals surface area contributed by atoms with E-state index in [0.29, 0.717) is 0 Å². The lowest BCUT2D eigenvalue weighted by Crippen LogP contribution is -2.15. The molecule has 5 nitrogen and oxygen atoms in total. The van der Waals surface area contributed by atoms with Gasteiger partial charge in [-0.3, -0.25) is 9.36 Å². The Bertz CT molecular complexity index is 793. The van der Waals surface area contributed by atoms with E-state index in [1.54, 1.807) is 23.0 Å². The summed E-state index contributed by atoms with van der Waals surface area (Å²) < 4.78 is 1.65. The van der Waals surface area contributed by atoms with Crippen LogP contribution in [0.2, 0.25) is 0 Å². The molecule has 0 aliphatic rings. The van der Waals surface area contributed by atoms with Crippen molar-refractivity contribution in [3.8, 4) is 0 Å². The van der Waals surface area contributed by atoms with Crippen LogP contribution in [0.25, 0.3) is 10.9 Å². The van der Waals surface area contributed by atoms with Gasteiger partial charge in [-0.15, -0.1) is 0 Å². The summed E-state index contributed by atoms with van der Waals surface area (Å²) in [5, 5.41) is 1.11. The number of carbonyl (C=O) groups is 1. The minimum atomic E-state index is -0.201. The first-order chi connectivity index (χ1) is 10.7. The summed E-state index contributed by atoms with van der Waals surface area (Å²) in [5.74, 6) is 0.00955. The largest absolute Gasteiger partial charge is 0.309 e. The van der Waals surface area contributed by atoms with Crippen LogP contribution in [0.3, 0.4) is 0 Å². The first-order valence-electron chi connectivity index (χ1n) is 7.22. The summed E-state index contributed by atoms with van der Waals surface area (Å²) in [7, 11) is 4.09. The maximum absolute atomic E-state index is 12.6. The van der Waals surface area contributed by atoms with E-state index in [0.717, 1.165) is 29.4 Å². The van der Waals surface area contributed by atoms with Gasteiger partial charge in [0, 0.05) is 30.5 Å². The molecule has 0 N–H and O–H groups in total. The van der Waals surface area contributed by atoms with E-state index in [-0.39, 0.29) is 11.7 Å². The van der Waals surface area contributed by atoms with Gasteiger partial charge in [0.05, 0.1) is 5.52 Å². The highest BCUT2D eigenvalue weighted by molar-refractivity contribution is 6.00. The Hall–Kier alpha value is -2.53. The summed E-state index contributed by atoms with van der Waals surface area (Å²) in [6.07, 6.45) is 5.97. The van der Waals surface area contributed by atoms with Crippen LogP contribution in [-0.2, 0) is 6.42 Å². The summed E-state index contributed by atoms with van der Waals surface area (Å²) in [6, 6.07) is 9.64. The highest BCUT2D eigenvalue weighted by Gasteiger charge is 2.16. The summed E-state index contributed by atoms with van der Waals surface area (Å²) in [4.78, 5) is 22.9. The van der Waals surface area contributed by atoms with Gasteiger partial charge in [0.25, 0.3) is 5.91 Å². The van der Waals surface area contributed by atoms with Crippen molar-refractivity contribution >= 4 is 16.8 Å². The van der Waals surface area contributed by atoms with Crippen LogP contribution in [0.1, 0.15) is 16.2 Å². The molecular formula is C17H18N4O. The topological polar surface area (TPSA) is 51.0 Å². The van der Waals surface area contributed by atoms with E-state index in [2.05, 4.69) is 20.9 Å². The third-order valence-electron chi connectivity index (χ3n) is 3.60. The molecular weight excluding hydrogens is 276 g/mol. The van der Waals surface area contributed by atoms with Gasteiger partial charge in [-0.1, -0.05) is 18.2 Å². The van der Waals surface area contributed by atoms with Gasteiger partial charge < -0.3 is 4.90 Å². The monoisotopic (exact) mass is 294 g/mol. The van der Waals surface area contributed by atoms with Crippen LogP contribution >= 0.6 is 0 Å². The van der Waals surface area contributed by atoms with E-state index in [9.17, 15) is 4.79 Å². The molecule has 112 valence electrons. The van der Waals surface area contributed by atoms with Crippen LogP contribution in [0.5, 0.6) is 0 Å². The van der Waals surface area contributed by atoms with Gasteiger partial charge in [-0.2, -0.15) is 0 Å². The fourth-order valence-electron chi connectivity index (χ4n) is 2.48. The molecule has 0 amide bonds. The molecule has 0 fully saturated rings. The highest BCUT2D eigenvalue weighted by atomic mass is 16.2. The minimum Gasteiger partial charge on any atom is -0.309 e. The third-order valence-corrected chi connectivity index (χ3v) is 3.60. The molecule has 22 heavy (non-hydrogen) atoms. The number of nitrogens with zero attached hydrogens (tertiary/aromatic N) is 4. The zero-order valence-electron chi connectivity index (χ0n) is 12.7. The first-order valence-corrected chi connectivity index (χ1v) is 7.22. The molecule has 0 saturated heterocycles. The van der Waals surface area contributed by atoms with E-state index in [1.165, 1.54) is 0 Å². The molecule has 0 radical (unpaired) electrons. The van der Waals surface area contributed by atoms with E-state index < -0.39 is 0 Å². The number of fused-ring (bicyclic) bond motifs is 1. The van der Waals surface area contributed by atoms with Gasteiger partial charge in [-0.25, -0.2) is 9.97 Å². The van der Waals surface area contributed by atoms with E-state index in [4.69, 9.17) is 0 Å². The second kappa shape index (κ2) is 6.07. The standard InChI is InChI=1S/C17H18N4O/c1-20(2)11-8-13-12-21(15-7-4-3-6-14(13)15)17(22)16-18-9-5-10-19-16/h3-7,9-10,12H,8,11H2,1-2H3. The quantitative estimate of drug-likeness (QED) is 0.740. The number of benzene rings is 1. The Kier molecular flexibility index (Phi) is 3.98. The number of hydrogen-bond acceptors (Lipinski definition) is 4. The Morgan fingerprint density at radius 2 is 1.86 bits per heavy atom. The van der Waals surface area contributed by atoms with Gasteiger partial charge in [0.1, 0.15) is 0 Å². The average Bonchev–Trinajstić information content (AvgIpc) is 2.92. The minimum absolute atomic E-state index is 0.201. The molecule has 0 bridgehead atoms. The van der Waals surface area contributed by atoms with Crippen molar-refractivity contribution in [2.24, 2.45) is 0 Å². The van der Waals surface area contributed by atoms with Crippen molar-refractivity contribution in [2.75, 3.05) is 20.6 Å². The average molecular weight is 294 g/mol. The SMILES string of the molecule is CN(C)CCc1cn(C(=O)c2ncccn2)c2ccccc12. The molecule has 0 spiro atoms. The Balaban J connectivity index is 2.04. The number of likely N-dealkylation sites (N-methyl/N-ethyl adjacent to an activating group) is 1. The van der Waals surface area contributed by atoms with Crippen LogP contribution in [-0.4, -0.2) is 46.0 Å². The first kappa shape index (κ1) is 14.4. The Labute approximate surface area is 129 Å². The van der Waals surface area contributed by atoms with Crippen LogP contribution in [0.15, 0.2) is 48.9 Å². The molecule has 0 unspecified atom stereocenters. The van der Waals surface area contributed by atoms with E-state index in [1.807, 2.05) is 38.5 Å². The zero-order chi connectivity index (χ0) is 15.5. The molecule has 5 heteroatoms. The molecule has 2 aromatic heterocycles. The van der Waals surface area contributed by atoms with Gasteiger partial charge >= 0.3 is 0 Å². The molecule has 0 saturated carbocycles. The van der Waals surface area contributed by atoms with Crippen molar-refractivity contribution < 1.29 is 4.79 Å². The number of rotatable bonds is 4. The second-order valence-electron chi connectivity index (χ2n) is 5.47. The lowest BCUT2D eigenvalue weighted by molar-refractivity contribution is 0.0954. The lowest BCUT2D eigenvalue weighted by Gasteiger charge is -2.07. The van der Waals surface area contributed by atoms with Crippen molar-refractivity contribution in [1.29, 1.82) is 0 Å². The Morgan fingerprint density at radius 1 is 1.14 bits per heavy atom. The fourth-order valence-corrected chi connectivity index (χ4v) is 2.48. The van der Waals surface area contributed by atoms with Crippen molar-refractivity contribution in [3.05, 3.63) is 60.3 Å². The highest BCUT2D eigenvalue weighted by Crippen LogP contribution is 2.22. The predicted octanol–water partition coefficient (Wildman–Crippen LogP) is 2.22. The number of hydrogen-bond donors (Lipinski definition) is 0. The van der Waals surface area contributed by atoms with Gasteiger partial charge in [0.2, 0.25) is 5.82 Å². The maximum atomic E-state index is 12.6. The number of para-hydroxylation sites is 1. The molecule has 0 atom stereocenters. The number of carbonyl (C=O) groups excluding carboxylic acids is 1. The van der Waals surface area contributed by atoms with Crippen molar-refractivity contribution in [3.63, 3.8) is 0 Å².